The molecule has 28 heavy (non-hydrogen) atoms. The van der Waals surface area contributed by atoms with Gasteiger partial charge in [0.05, 0.1) is 17.3 Å². The number of aliphatic imine (C=N–C) groups is 1. The van der Waals surface area contributed by atoms with Crippen LogP contribution in [0.25, 0.3) is 6.08 Å². The summed E-state index contributed by atoms with van der Waals surface area (Å²) in [5, 5.41) is 0. The van der Waals surface area contributed by atoms with Gasteiger partial charge in [0, 0.05) is 5.56 Å². The van der Waals surface area contributed by atoms with Gasteiger partial charge in [0.2, 0.25) is 5.90 Å². The molecule has 0 saturated carbocycles. The summed E-state index contributed by atoms with van der Waals surface area (Å²) in [6.45, 7) is 2.71. The van der Waals surface area contributed by atoms with Gasteiger partial charge in [-0.05, 0) is 71.0 Å². The molecule has 1 aliphatic rings. The van der Waals surface area contributed by atoms with Crippen molar-refractivity contribution < 1.29 is 23.4 Å². The fourth-order valence-electron chi connectivity index (χ4n) is 2.59. The van der Waals surface area contributed by atoms with Gasteiger partial charge < -0.3 is 14.2 Å². The van der Waals surface area contributed by atoms with E-state index in [-0.39, 0.29) is 11.6 Å². The zero-order valence-electron chi connectivity index (χ0n) is 15.5. The van der Waals surface area contributed by atoms with E-state index in [0.717, 1.165) is 22.0 Å². The number of carbonyl (C=O) groups excluding carboxylic acids is 1. The number of hydrogen-bond acceptors (Lipinski definition) is 5. The lowest BCUT2D eigenvalue weighted by Gasteiger charge is -2.13. The molecular formula is C21H19FINO4. The topological polar surface area (TPSA) is 57.1 Å². The normalized spacial score (nSPS) is 14.8. The van der Waals surface area contributed by atoms with E-state index in [1.54, 1.807) is 25.3 Å². The lowest BCUT2D eigenvalue weighted by atomic mass is 10.1. The Labute approximate surface area is 176 Å². The van der Waals surface area contributed by atoms with E-state index in [1.165, 1.54) is 18.2 Å². The summed E-state index contributed by atoms with van der Waals surface area (Å²) in [6, 6.07) is 9.40. The number of hydrogen-bond donors (Lipinski definition) is 0. The van der Waals surface area contributed by atoms with Gasteiger partial charge in [0.15, 0.2) is 17.2 Å². The van der Waals surface area contributed by atoms with Crippen molar-refractivity contribution in [2.75, 3.05) is 13.7 Å². The highest BCUT2D eigenvalue weighted by molar-refractivity contribution is 14.1. The molecule has 2 aromatic carbocycles. The zero-order valence-corrected chi connectivity index (χ0v) is 17.7. The quantitative estimate of drug-likeness (QED) is 0.236. The van der Waals surface area contributed by atoms with E-state index in [4.69, 9.17) is 14.2 Å². The van der Waals surface area contributed by atoms with Gasteiger partial charge in [-0.1, -0.05) is 19.4 Å². The maximum atomic E-state index is 13.4. The molecule has 3 rings (SSSR count). The predicted octanol–water partition coefficient (Wildman–Crippen LogP) is 4.96. The molecule has 0 N–H and O–H groups in total. The monoisotopic (exact) mass is 495 g/mol. The van der Waals surface area contributed by atoms with Crippen LogP contribution in [0, 0.1) is 9.39 Å². The van der Waals surface area contributed by atoms with Crippen LogP contribution >= 0.6 is 22.6 Å². The van der Waals surface area contributed by atoms with Crippen LogP contribution < -0.4 is 9.47 Å². The second-order valence-corrected chi connectivity index (χ2v) is 7.24. The van der Waals surface area contributed by atoms with E-state index in [9.17, 15) is 9.18 Å². The van der Waals surface area contributed by atoms with Crippen LogP contribution in [-0.2, 0) is 9.53 Å². The van der Waals surface area contributed by atoms with Crippen molar-refractivity contribution in [3.63, 3.8) is 0 Å². The zero-order chi connectivity index (χ0) is 20.1. The minimum absolute atomic E-state index is 0.0805. The molecule has 0 amide bonds. The number of rotatable bonds is 7. The van der Waals surface area contributed by atoms with Crippen molar-refractivity contribution in [2.24, 2.45) is 4.99 Å². The molecule has 146 valence electrons. The van der Waals surface area contributed by atoms with Gasteiger partial charge in [-0.25, -0.2) is 14.2 Å². The molecule has 0 bridgehead atoms. The summed E-state index contributed by atoms with van der Waals surface area (Å²) in [6.07, 6.45) is 3.60. The van der Waals surface area contributed by atoms with Crippen molar-refractivity contribution in [3.05, 3.63) is 62.6 Å². The highest BCUT2D eigenvalue weighted by atomic mass is 127. The van der Waals surface area contributed by atoms with Crippen LogP contribution in [0.5, 0.6) is 11.5 Å². The summed E-state index contributed by atoms with van der Waals surface area (Å²) in [4.78, 5) is 16.4. The van der Waals surface area contributed by atoms with Crippen LogP contribution in [0.3, 0.4) is 0 Å². The molecule has 0 aliphatic carbocycles. The Morgan fingerprint density at radius 3 is 2.82 bits per heavy atom. The largest absolute Gasteiger partial charge is 0.493 e. The number of esters is 1. The van der Waals surface area contributed by atoms with Gasteiger partial charge >= 0.3 is 5.97 Å². The third kappa shape index (κ3) is 4.70. The minimum Gasteiger partial charge on any atom is -0.493 e. The van der Waals surface area contributed by atoms with Gasteiger partial charge in [-0.2, -0.15) is 0 Å². The van der Waals surface area contributed by atoms with Gasteiger partial charge in [-0.3, -0.25) is 0 Å². The first-order valence-corrected chi connectivity index (χ1v) is 9.88. The Morgan fingerprint density at radius 1 is 1.29 bits per heavy atom. The van der Waals surface area contributed by atoms with E-state index < -0.39 is 11.8 Å². The van der Waals surface area contributed by atoms with Crippen LogP contribution in [0.2, 0.25) is 0 Å². The number of methoxy groups -OCH3 is 1. The molecule has 0 unspecified atom stereocenters. The van der Waals surface area contributed by atoms with Crippen LogP contribution in [0.15, 0.2) is 47.1 Å². The maximum absolute atomic E-state index is 13.4. The SMILES string of the molecule is CCCCOc1c(I)cc(/C=C2\N=C(c3cccc(F)c3)OC2=O)cc1OC. The lowest BCUT2D eigenvalue weighted by Crippen LogP contribution is -2.05. The highest BCUT2D eigenvalue weighted by Gasteiger charge is 2.24. The first-order valence-electron chi connectivity index (χ1n) is 8.80. The van der Waals surface area contributed by atoms with E-state index in [0.29, 0.717) is 23.7 Å². The molecule has 0 aromatic heterocycles. The first-order chi connectivity index (χ1) is 13.5. The van der Waals surface area contributed by atoms with Gasteiger partial charge in [-0.15, -0.1) is 0 Å². The number of unbranched alkanes of at least 4 members (excludes halogenated alkanes) is 1. The molecule has 1 aliphatic heterocycles. The number of cyclic esters (lactones) is 1. The number of benzene rings is 2. The average Bonchev–Trinajstić information content (AvgIpc) is 3.03. The Kier molecular flexibility index (Phi) is 6.66. The molecular weight excluding hydrogens is 476 g/mol. The molecule has 0 saturated heterocycles. The molecule has 0 radical (unpaired) electrons. The average molecular weight is 495 g/mol. The third-order valence-electron chi connectivity index (χ3n) is 3.99. The van der Waals surface area contributed by atoms with Gasteiger partial charge in [0.1, 0.15) is 5.82 Å². The minimum atomic E-state index is -0.587. The van der Waals surface area contributed by atoms with Crippen molar-refractivity contribution in [3.8, 4) is 11.5 Å². The van der Waals surface area contributed by atoms with E-state index in [1.807, 2.05) is 6.07 Å². The van der Waals surface area contributed by atoms with Crippen LogP contribution in [0.4, 0.5) is 4.39 Å². The molecule has 0 atom stereocenters. The summed E-state index contributed by atoms with van der Waals surface area (Å²) in [7, 11) is 1.57. The standard InChI is InChI=1S/C21H19FINO4/c1-3-4-8-27-19-16(23)9-13(11-18(19)26-2)10-17-21(25)28-20(24-17)14-6-5-7-15(22)12-14/h5-7,9-12H,3-4,8H2,1-2H3/b17-10-. The maximum Gasteiger partial charge on any atom is 0.363 e. The molecule has 5 nitrogen and oxygen atoms in total. The molecule has 1 heterocycles. The van der Waals surface area contributed by atoms with Gasteiger partial charge in [0.25, 0.3) is 0 Å². The van der Waals surface area contributed by atoms with Crippen molar-refractivity contribution in [1.82, 2.24) is 0 Å². The Balaban J connectivity index is 1.90. The summed E-state index contributed by atoms with van der Waals surface area (Å²) in [5.41, 5.74) is 1.26. The van der Waals surface area contributed by atoms with E-state index in [2.05, 4.69) is 34.5 Å². The Morgan fingerprint density at radius 2 is 2.11 bits per heavy atom. The highest BCUT2D eigenvalue weighted by Crippen LogP contribution is 2.35. The van der Waals surface area contributed by atoms with Crippen LogP contribution in [-0.4, -0.2) is 25.6 Å². The summed E-state index contributed by atoms with van der Waals surface area (Å²) in [5.74, 6) is 0.326. The summed E-state index contributed by atoms with van der Waals surface area (Å²) >= 11 is 2.17. The molecule has 7 heteroatoms. The fraction of sp³-hybridized carbons (Fsp3) is 0.238. The van der Waals surface area contributed by atoms with Crippen LogP contribution in [0.1, 0.15) is 30.9 Å². The number of carbonyl (C=O) groups is 1. The Bertz CT molecular complexity index is 955. The van der Waals surface area contributed by atoms with E-state index >= 15 is 0 Å². The van der Waals surface area contributed by atoms with Crippen molar-refractivity contribution in [1.29, 1.82) is 0 Å². The number of nitrogens with zero attached hydrogens (tertiary/aromatic N) is 1. The number of halogens is 2. The lowest BCUT2D eigenvalue weighted by molar-refractivity contribution is -0.129. The summed E-state index contributed by atoms with van der Waals surface area (Å²) < 4.78 is 30.7. The number of ether oxygens (including phenoxy) is 3. The Hall–Kier alpha value is -2.42. The second-order valence-electron chi connectivity index (χ2n) is 6.08. The second kappa shape index (κ2) is 9.18. The third-order valence-corrected chi connectivity index (χ3v) is 4.79. The smallest absolute Gasteiger partial charge is 0.363 e. The van der Waals surface area contributed by atoms with Crippen molar-refractivity contribution >= 4 is 40.5 Å². The first kappa shape index (κ1) is 20.3. The molecule has 2 aromatic rings. The fourth-order valence-corrected chi connectivity index (χ4v) is 3.37. The molecule has 0 fully saturated rings. The molecule has 0 spiro atoms. The predicted molar refractivity (Wildman–Crippen MR) is 113 cm³/mol. The van der Waals surface area contributed by atoms with Crippen molar-refractivity contribution in [2.45, 2.75) is 19.8 Å².